The first kappa shape index (κ1) is 20.5. The van der Waals surface area contributed by atoms with E-state index >= 15 is 0 Å². The van der Waals surface area contributed by atoms with Gasteiger partial charge in [-0.25, -0.2) is 0 Å². The molecular weight excluding hydrogens is 302 g/mol. The van der Waals surface area contributed by atoms with E-state index in [-0.39, 0.29) is 6.10 Å². The molecule has 0 spiro atoms. The minimum absolute atomic E-state index is 0.341. The average molecular weight is 335 g/mol. The largest absolute Gasteiger partial charge is 0.493 e. The van der Waals surface area contributed by atoms with Crippen molar-refractivity contribution < 1.29 is 14.6 Å². The third-order valence-electron chi connectivity index (χ3n) is 4.07. The molecule has 0 saturated carbocycles. The SMILES string of the molecule is C=CCC[C@@H](O)CN(CCC(C)C)Cc1cccc(OC)c1OC. The number of nitrogens with zero attached hydrogens (tertiary/aromatic N) is 1. The lowest BCUT2D eigenvalue weighted by Gasteiger charge is -2.27. The Hall–Kier alpha value is -1.52. The summed E-state index contributed by atoms with van der Waals surface area (Å²) < 4.78 is 10.9. The molecule has 1 rings (SSSR count). The predicted octanol–water partition coefficient (Wildman–Crippen LogP) is 3.88. The van der Waals surface area contributed by atoms with Crippen LogP contribution in [0, 0.1) is 5.92 Å². The zero-order valence-corrected chi connectivity index (χ0v) is 15.6. The fraction of sp³-hybridized carbons (Fsp3) is 0.600. The quantitative estimate of drug-likeness (QED) is 0.589. The van der Waals surface area contributed by atoms with Crippen LogP contribution in [0.5, 0.6) is 11.5 Å². The van der Waals surface area contributed by atoms with Gasteiger partial charge in [-0.15, -0.1) is 6.58 Å². The minimum Gasteiger partial charge on any atom is -0.493 e. The van der Waals surface area contributed by atoms with Gasteiger partial charge < -0.3 is 14.6 Å². The summed E-state index contributed by atoms with van der Waals surface area (Å²) in [6.07, 6.45) is 4.19. The molecule has 1 aromatic rings. The lowest BCUT2D eigenvalue weighted by molar-refractivity contribution is 0.0989. The lowest BCUT2D eigenvalue weighted by Crippen LogP contribution is -2.33. The second-order valence-electron chi connectivity index (χ2n) is 6.59. The number of para-hydroxylation sites is 1. The number of methoxy groups -OCH3 is 2. The van der Waals surface area contributed by atoms with Gasteiger partial charge in [0.15, 0.2) is 11.5 Å². The minimum atomic E-state index is -0.341. The number of benzene rings is 1. The van der Waals surface area contributed by atoms with Crippen molar-refractivity contribution in [3.8, 4) is 11.5 Å². The number of aliphatic hydroxyl groups is 1. The van der Waals surface area contributed by atoms with Gasteiger partial charge in [-0.3, -0.25) is 4.90 Å². The molecule has 1 atom stereocenters. The van der Waals surface area contributed by atoms with Crippen LogP contribution < -0.4 is 9.47 Å². The summed E-state index contributed by atoms with van der Waals surface area (Å²) in [6.45, 7) is 10.5. The van der Waals surface area contributed by atoms with Gasteiger partial charge in [0, 0.05) is 18.7 Å². The van der Waals surface area contributed by atoms with Crippen LogP contribution in [0.2, 0.25) is 0 Å². The molecule has 4 nitrogen and oxygen atoms in total. The highest BCUT2D eigenvalue weighted by atomic mass is 16.5. The molecule has 1 N–H and O–H groups in total. The number of allylic oxidation sites excluding steroid dienone is 1. The van der Waals surface area contributed by atoms with Gasteiger partial charge in [-0.2, -0.15) is 0 Å². The molecule has 0 fully saturated rings. The summed E-state index contributed by atoms with van der Waals surface area (Å²) in [4.78, 5) is 2.30. The normalized spacial score (nSPS) is 12.5. The Morgan fingerprint density at radius 2 is 1.96 bits per heavy atom. The van der Waals surface area contributed by atoms with Gasteiger partial charge in [0.2, 0.25) is 0 Å². The van der Waals surface area contributed by atoms with Crippen molar-refractivity contribution in [3.05, 3.63) is 36.4 Å². The molecule has 136 valence electrons. The van der Waals surface area contributed by atoms with Crippen molar-refractivity contribution in [1.29, 1.82) is 0 Å². The molecule has 0 unspecified atom stereocenters. The smallest absolute Gasteiger partial charge is 0.165 e. The van der Waals surface area contributed by atoms with E-state index in [1.807, 2.05) is 18.2 Å². The van der Waals surface area contributed by atoms with Crippen LogP contribution in [0.3, 0.4) is 0 Å². The molecule has 1 aromatic carbocycles. The Morgan fingerprint density at radius 1 is 1.21 bits per heavy atom. The predicted molar refractivity (Wildman–Crippen MR) is 99.7 cm³/mol. The molecule has 0 bridgehead atoms. The van der Waals surface area contributed by atoms with Crippen LogP contribution >= 0.6 is 0 Å². The molecule has 0 amide bonds. The van der Waals surface area contributed by atoms with Crippen molar-refractivity contribution in [2.24, 2.45) is 5.92 Å². The Labute approximate surface area is 147 Å². The van der Waals surface area contributed by atoms with E-state index in [1.54, 1.807) is 14.2 Å². The number of rotatable bonds is 12. The number of ether oxygens (including phenoxy) is 2. The average Bonchev–Trinajstić information content (AvgIpc) is 2.57. The summed E-state index contributed by atoms with van der Waals surface area (Å²) in [6, 6.07) is 5.94. The van der Waals surface area contributed by atoms with Gasteiger partial charge in [0.1, 0.15) is 0 Å². The second kappa shape index (κ2) is 11.1. The Balaban J connectivity index is 2.85. The van der Waals surface area contributed by atoms with Crippen LogP contribution in [0.1, 0.15) is 38.7 Å². The van der Waals surface area contributed by atoms with E-state index in [0.29, 0.717) is 12.5 Å². The van der Waals surface area contributed by atoms with Crippen LogP contribution in [0.15, 0.2) is 30.9 Å². The molecule has 0 aromatic heterocycles. The molecule has 4 heteroatoms. The maximum Gasteiger partial charge on any atom is 0.165 e. The third kappa shape index (κ3) is 6.93. The van der Waals surface area contributed by atoms with Crippen molar-refractivity contribution in [3.63, 3.8) is 0 Å². The van der Waals surface area contributed by atoms with Crippen LogP contribution in [0.25, 0.3) is 0 Å². The summed E-state index contributed by atoms with van der Waals surface area (Å²) in [5.41, 5.74) is 1.08. The molecule has 24 heavy (non-hydrogen) atoms. The van der Waals surface area contributed by atoms with E-state index < -0.39 is 0 Å². The first-order valence-electron chi connectivity index (χ1n) is 8.73. The zero-order chi connectivity index (χ0) is 17.9. The molecule has 0 saturated heterocycles. The Morgan fingerprint density at radius 3 is 2.54 bits per heavy atom. The summed E-state index contributed by atoms with van der Waals surface area (Å²) in [5, 5.41) is 10.3. The Bertz CT molecular complexity index is 488. The monoisotopic (exact) mass is 335 g/mol. The maximum absolute atomic E-state index is 10.3. The van der Waals surface area contributed by atoms with E-state index in [2.05, 4.69) is 31.4 Å². The summed E-state index contributed by atoms with van der Waals surface area (Å²) >= 11 is 0. The highest BCUT2D eigenvalue weighted by Gasteiger charge is 2.16. The molecule has 0 aliphatic carbocycles. The molecule has 0 aliphatic heterocycles. The Kier molecular flexibility index (Phi) is 9.50. The highest BCUT2D eigenvalue weighted by molar-refractivity contribution is 5.46. The third-order valence-corrected chi connectivity index (χ3v) is 4.07. The molecule has 0 radical (unpaired) electrons. The first-order valence-corrected chi connectivity index (χ1v) is 8.73. The van der Waals surface area contributed by atoms with Gasteiger partial charge in [-0.05, 0) is 37.8 Å². The second-order valence-corrected chi connectivity index (χ2v) is 6.59. The first-order chi connectivity index (χ1) is 11.5. The standard InChI is InChI=1S/C20H33NO3/c1-6-7-10-18(22)15-21(13-12-16(2)3)14-17-9-8-11-19(23-4)20(17)24-5/h6,8-9,11,16,18,22H,1,7,10,12-15H2,2-5H3/t18-/m1/s1. The van der Waals surface area contributed by atoms with Crippen LogP contribution in [-0.4, -0.2) is 43.4 Å². The van der Waals surface area contributed by atoms with Crippen LogP contribution in [-0.2, 0) is 6.54 Å². The van der Waals surface area contributed by atoms with E-state index in [0.717, 1.165) is 49.4 Å². The van der Waals surface area contributed by atoms with E-state index in [9.17, 15) is 5.11 Å². The van der Waals surface area contributed by atoms with Gasteiger partial charge in [-0.1, -0.05) is 32.1 Å². The van der Waals surface area contributed by atoms with E-state index in [1.165, 1.54) is 0 Å². The fourth-order valence-corrected chi connectivity index (χ4v) is 2.69. The topological polar surface area (TPSA) is 41.9 Å². The summed E-state index contributed by atoms with van der Waals surface area (Å²) in [7, 11) is 3.32. The van der Waals surface area contributed by atoms with Crippen molar-refractivity contribution in [1.82, 2.24) is 4.90 Å². The molecular formula is C20H33NO3. The highest BCUT2D eigenvalue weighted by Crippen LogP contribution is 2.31. The van der Waals surface area contributed by atoms with Gasteiger partial charge >= 0.3 is 0 Å². The van der Waals surface area contributed by atoms with Gasteiger partial charge in [0.05, 0.1) is 20.3 Å². The number of aliphatic hydroxyl groups excluding tert-OH is 1. The van der Waals surface area contributed by atoms with Crippen molar-refractivity contribution >= 4 is 0 Å². The summed E-state index contributed by atoms with van der Waals surface area (Å²) in [5.74, 6) is 2.14. The van der Waals surface area contributed by atoms with Crippen molar-refractivity contribution in [2.45, 2.75) is 45.8 Å². The lowest BCUT2D eigenvalue weighted by atomic mass is 10.1. The number of hydrogen-bond donors (Lipinski definition) is 1. The maximum atomic E-state index is 10.3. The van der Waals surface area contributed by atoms with Gasteiger partial charge in [0.25, 0.3) is 0 Å². The number of hydrogen-bond acceptors (Lipinski definition) is 4. The van der Waals surface area contributed by atoms with E-state index in [4.69, 9.17) is 9.47 Å². The van der Waals surface area contributed by atoms with Crippen molar-refractivity contribution in [2.75, 3.05) is 27.3 Å². The fourth-order valence-electron chi connectivity index (χ4n) is 2.69. The zero-order valence-electron chi connectivity index (χ0n) is 15.6. The molecule has 0 heterocycles. The van der Waals surface area contributed by atoms with Crippen LogP contribution in [0.4, 0.5) is 0 Å². The molecule has 0 aliphatic rings.